The monoisotopic (exact) mass is 417 g/mol. The van der Waals surface area contributed by atoms with Gasteiger partial charge in [-0.15, -0.1) is 0 Å². The van der Waals surface area contributed by atoms with Crippen molar-refractivity contribution in [3.8, 4) is 22.6 Å². The molecular weight excluding hydrogens is 386 g/mol. The summed E-state index contributed by atoms with van der Waals surface area (Å²) in [6, 6.07) is 20.1. The Morgan fingerprint density at radius 1 is 0.935 bits per heavy atom. The molecule has 4 rings (SSSR count). The van der Waals surface area contributed by atoms with E-state index in [0.717, 1.165) is 55.3 Å². The van der Waals surface area contributed by atoms with E-state index in [9.17, 15) is 4.79 Å². The molecule has 1 amide bonds. The normalized spacial score (nSPS) is 14.9. The van der Waals surface area contributed by atoms with E-state index in [2.05, 4.69) is 18.7 Å². The fraction of sp³-hybridized carbons (Fsp3) is 0.385. The van der Waals surface area contributed by atoms with E-state index in [1.54, 1.807) is 0 Å². The predicted molar refractivity (Wildman–Crippen MR) is 124 cm³/mol. The predicted octanol–water partition coefficient (Wildman–Crippen LogP) is 4.74. The molecule has 0 bridgehead atoms. The third-order valence-electron chi connectivity index (χ3n) is 5.66. The SMILES string of the molecule is CC(C)CN1CCN(C(=O)CCc2nc(-c3ccccc3)c(-c3ccccc3)o2)CC1. The standard InChI is InChI=1S/C26H31N3O2/c1-20(2)19-28-15-17-29(18-16-28)24(30)14-13-23-27-25(21-9-5-3-6-10-21)26(31-23)22-11-7-4-8-12-22/h3-12,20H,13-19H2,1-2H3. The Morgan fingerprint density at radius 3 is 2.16 bits per heavy atom. The molecule has 0 unspecified atom stereocenters. The average Bonchev–Trinajstić information content (AvgIpc) is 3.23. The maximum absolute atomic E-state index is 12.8. The van der Waals surface area contributed by atoms with Gasteiger partial charge < -0.3 is 9.32 Å². The lowest BCUT2D eigenvalue weighted by atomic mass is 10.1. The molecule has 1 saturated heterocycles. The number of aryl methyl sites for hydroxylation is 1. The first kappa shape index (κ1) is 21.3. The number of amides is 1. The Balaban J connectivity index is 1.43. The first-order valence-electron chi connectivity index (χ1n) is 11.2. The van der Waals surface area contributed by atoms with Crippen molar-refractivity contribution in [1.29, 1.82) is 0 Å². The third-order valence-corrected chi connectivity index (χ3v) is 5.66. The zero-order chi connectivity index (χ0) is 21.6. The van der Waals surface area contributed by atoms with Gasteiger partial charge in [0.1, 0.15) is 5.69 Å². The van der Waals surface area contributed by atoms with E-state index < -0.39 is 0 Å². The van der Waals surface area contributed by atoms with Crippen LogP contribution in [-0.4, -0.2) is 53.4 Å². The molecule has 31 heavy (non-hydrogen) atoms. The number of oxazole rings is 1. The van der Waals surface area contributed by atoms with Crippen molar-refractivity contribution in [3.63, 3.8) is 0 Å². The zero-order valence-corrected chi connectivity index (χ0v) is 18.5. The van der Waals surface area contributed by atoms with Gasteiger partial charge in [0.2, 0.25) is 5.91 Å². The number of rotatable bonds is 7. The van der Waals surface area contributed by atoms with E-state index in [0.29, 0.717) is 24.7 Å². The molecule has 5 heteroatoms. The summed E-state index contributed by atoms with van der Waals surface area (Å²) in [7, 11) is 0. The molecule has 2 heterocycles. The number of nitrogens with zero attached hydrogens (tertiary/aromatic N) is 3. The van der Waals surface area contributed by atoms with Crippen LogP contribution in [0.3, 0.4) is 0 Å². The second-order valence-electron chi connectivity index (χ2n) is 8.59. The van der Waals surface area contributed by atoms with Crippen molar-refractivity contribution in [2.45, 2.75) is 26.7 Å². The van der Waals surface area contributed by atoms with E-state index in [1.165, 1.54) is 0 Å². The van der Waals surface area contributed by atoms with Gasteiger partial charge in [0.15, 0.2) is 11.7 Å². The van der Waals surface area contributed by atoms with Crippen LogP contribution in [0.4, 0.5) is 0 Å². The van der Waals surface area contributed by atoms with E-state index in [1.807, 2.05) is 65.6 Å². The lowest BCUT2D eigenvalue weighted by Gasteiger charge is -2.35. The quantitative estimate of drug-likeness (QED) is 0.557. The molecule has 0 saturated carbocycles. The molecule has 3 aromatic rings. The second-order valence-corrected chi connectivity index (χ2v) is 8.59. The van der Waals surface area contributed by atoms with Gasteiger partial charge in [-0.25, -0.2) is 4.98 Å². The molecule has 0 radical (unpaired) electrons. The van der Waals surface area contributed by atoms with E-state index in [4.69, 9.17) is 9.40 Å². The fourth-order valence-electron chi connectivity index (χ4n) is 4.12. The van der Waals surface area contributed by atoms with Crippen LogP contribution in [0.2, 0.25) is 0 Å². The highest BCUT2D eigenvalue weighted by Crippen LogP contribution is 2.32. The summed E-state index contributed by atoms with van der Waals surface area (Å²) in [6.07, 6.45) is 0.935. The lowest BCUT2D eigenvalue weighted by molar-refractivity contribution is -0.133. The first-order chi connectivity index (χ1) is 15.1. The van der Waals surface area contributed by atoms with Crippen LogP contribution < -0.4 is 0 Å². The van der Waals surface area contributed by atoms with Gasteiger partial charge in [-0.2, -0.15) is 0 Å². The van der Waals surface area contributed by atoms with Crippen molar-refractivity contribution >= 4 is 5.91 Å². The Kier molecular flexibility index (Phi) is 6.82. The number of hydrogen-bond acceptors (Lipinski definition) is 4. The largest absolute Gasteiger partial charge is 0.440 e. The lowest BCUT2D eigenvalue weighted by Crippen LogP contribution is -2.49. The van der Waals surface area contributed by atoms with Crippen LogP contribution in [-0.2, 0) is 11.2 Å². The number of hydrogen-bond donors (Lipinski definition) is 0. The minimum atomic E-state index is 0.185. The molecule has 0 N–H and O–H groups in total. The Morgan fingerprint density at radius 2 is 1.55 bits per heavy atom. The molecule has 1 aliphatic rings. The summed E-state index contributed by atoms with van der Waals surface area (Å²) in [5.74, 6) is 2.22. The minimum Gasteiger partial charge on any atom is -0.440 e. The highest BCUT2D eigenvalue weighted by molar-refractivity contribution is 5.78. The summed E-state index contributed by atoms with van der Waals surface area (Å²) >= 11 is 0. The van der Waals surface area contributed by atoms with E-state index >= 15 is 0 Å². The van der Waals surface area contributed by atoms with Gasteiger partial charge in [-0.1, -0.05) is 74.5 Å². The third kappa shape index (κ3) is 5.42. The van der Waals surface area contributed by atoms with Crippen molar-refractivity contribution in [2.24, 2.45) is 5.92 Å². The molecule has 0 atom stereocenters. The molecule has 162 valence electrons. The second kappa shape index (κ2) is 9.92. The van der Waals surface area contributed by atoms with Crippen LogP contribution in [0.15, 0.2) is 65.1 Å². The van der Waals surface area contributed by atoms with Crippen molar-refractivity contribution in [3.05, 3.63) is 66.6 Å². The van der Waals surface area contributed by atoms with Crippen LogP contribution in [0.25, 0.3) is 22.6 Å². The average molecular weight is 418 g/mol. The topological polar surface area (TPSA) is 49.6 Å². The van der Waals surface area contributed by atoms with Crippen molar-refractivity contribution in [1.82, 2.24) is 14.8 Å². The van der Waals surface area contributed by atoms with Gasteiger partial charge in [-0.3, -0.25) is 9.69 Å². The molecule has 1 fully saturated rings. The van der Waals surface area contributed by atoms with E-state index in [-0.39, 0.29) is 5.91 Å². The summed E-state index contributed by atoms with van der Waals surface area (Å²) in [4.78, 5) is 22.0. The van der Waals surface area contributed by atoms with Crippen LogP contribution in [0, 0.1) is 5.92 Å². The molecular formula is C26H31N3O2. The number of carbonyl (C=O) groups excluding carboxylic acids is 1. The molecule has 1 aliphatic heterocycles. The summed E-state index contributed by atoms with van der Waals surface area (Å²) < 4.78 is 6.16. The molecule has 0 spiro atoms. The van der Waals surface area contributed by atoms with Crippen LogP contribution in [0.1, 0.15) is 26.2 Å². The Hall–Kier alpha value is -2.92. The van der Waals surface area contributed by atoms with Gasteiger partial charge in [0.25, 0.3) is 0 Å². The smallest absolute Gasteiger partial charge is 0.223 e. The fourth-order valence-corrected chi connectivity index (χ4v) is 4.12. The van der Waals surface area contributed by atoms with Gasteiger partial charge in [0, 0.05) is 56.7 Å². The maximum Gasteiger partial charge on any atom is 0.223 e. The number of carbonyl (C=O) groups is 1. The Bertz CT molecular complexity index is 917. The number of piperazine rings is 1. The van der Waals surface area contributed by atoms with Crippen LogP contribution in [0.5, 0.6) is 0 Å². The summed E-state index contributed by atoms with van der Waals surface area (Å²) in [5, 5.41) is 0. The number of aromatic nitrogens is 1. The van der Waals surface area contributed by atoms with Crippen molar-refractivity contribution in [2.75, 3.05) is 32.7 Å². The van der Waals surface area contributed by atoms with Gasteiger partial charge in [-0.05, 0) is 5.92 Å². The highest BCUT2D eigenvalue weighted by Gasteiger charge is 2.22. The van der Waals surface area contributed by atoms with Gasteiger partial charge >= 0.3 is 0 Å². The summed E-state index contributed by atoms with van der Waals surface area (Å²) in [6.45, 7) is 9.10. The zero-order valence-electron chi connectivity index (χ0n) is 18.5. The van der Waals surface area contributed by atoms with Crippen molar-refractivity contribution < 1.29 is 9.21 Å². The van der Waals surface area contributed by atoms with Crippen LogP contribution >= 0.6 is 0 Å². The molecule has 5 nitrogen and oxygen atoms in total. The summed E-state index contributed by atoms with van der Waals surface area (Å²) in [5.41, 5.74) is 2.84. The Labute approximate surface area is 184 Å². The first-order valence-corrected chi connectivity index (χ1v) is 11.2. The highest BCUT2D eigenvalue weighted by atomic mass is 16.4. The van der Waals surface area contributed by atoms with Gasteiger partial charge in [0.05, 0.1) is 0 Å². The minimum absolute atomic E-state index is 0.185. The molecule has 0 aliphatic carbocycles. The molecule has 2 aromatic carbocycles. The number of benzene rings is 2. The molecule has 1 aromatic heterocycles. The maximum atomic E-state index is 12.8.